The lowest BCUT2D eigenvalue weighted by Gasteiger charge is -2.17. The molecule has 1 aromatic rings. The van der Waals surface area contributed by atoms with E-state index in [0.717, 1.165) is 18.8 Å². The standard InChI is InChI=1S/C12H20N2O/c1-4-15-12-11(9(2)3)14-8-6-5-7-10(14)13-12/h9H,4-8H2,1-3H3. The Morgan fingerprint density at radius 1 is 1.40 bits per heavy atom. The summed E-state index contributed by atoms with van der Waals surface area (Å²) in [5, 5.41) is 0. The molecule has 2 heterocycles. The Kier molecular flexibility index (Phi) is 2.98. The molecule has 0 fully saturated rings. The highest BCUT2D eigenvalue weighted by molar-refractivity contribution is 5.27. The van der Waals surface area contributed by atoms with Crippen LogP contribution in [0, 0.1) is 0 Å². The average molecular weight is 208 g/mol. The van der Waals surface area contributed by atoms with Gasteiger partial charge in [0.2, 0.25) is 5.88 Å². The van der Waals surface area contributed by atoms with Gasteiger partial charge in [0.15, 0.2) is 0 Å². The molecule has 0 radical (unpaired) electrons. The van der Waals surface area contributed by atoms with E-state index < -0.39 is 0 Å². The molecule has 15 heavy (non-hydrogen) atoms. The lowest BCUT2D eigenvalue weighted by atomic mass is 10.1. The monoisotopic (exact) mass is 208 g/mol. The van der Waals surface area contributed by atoms with Crippen molar-refractivity contribution >= 4 is 0 Å². The van der Waals surface area contributed by atoms with Gasteiger partial charge < -0.3 is 9.30 Å². The normalized spacial score (nSPS) is 15.5. The van der Waals surface area contributed by atoms with Crippen molar-refractivity contribution in [3.8, 4) is 5.88 Å². The predicted octanol–water partition coefficient (Wildman–Crippen LogP) is 2.74. The van der Waals surface area contributed by atoms with Crippen LogP contribution >= 0.6 is 0 Å². The highest BCUT2D eigenvalue weighted by Crippen LogP contribution is 2.30. The van der Waals surface area contributed by atoms with Gasteiger partial charge in [-0.1, -0.05) is 13.8 Å². The van der Waals surface area contributed by atoms with Crippen LogP contribution in [0.3, 0.4) is 0 Å². The number of fused-ring (bicyclic) bond motifs is 1. The number of ether oxygens (including phenoxy) is 1. The topological polar surface area (TPSA) is 27.1 Å². The van der Waals surface area contributed by atoms with Crippen LogP contribution in [0.25, 0.3) is 0 Å². The number of aryl methyl sites for hydroxylation is 1. The molecule has 0 spiro atoms. The number of aromatic nitrogens is 2. The van der Waals surface area contributed by atoms with Gasteiger partial charge in [0, 0.05) is 13.0 Å². The van der Waals surface area contributed by atoms with E-state index >= 15 is 0 Å². The molecule has 3 nitrogen and oxygen atoms in total. The van der Waals surface area contributed by atoms with Crippen molar-refractivity contribution in [1.82, 2.24) is 9.55 Å². The second-order valence-corrected chi connectivity index (χ2v) is 4.41. The van der Waals surface area contributed by atoms with Crippen LogP contribution < -0.4 is 4.74 Å². The molecule has 1 aliphatic rings. The van der Waals surface area contributed by atoms with Gasteiger partial charge in [0.05, 0.1) is 12.3 Å². The van der Waals surface area contributed by atoms with Crippen molar-refractivity contribution in [2.75, 3.05) is 6.61 Å². The average Bonchev–Trinajstić information content (AvgIpc) is 2.56. The molecule has 1 aromatic heterocycles. The molecule has 0 saturated carbocycles. The van der Waals surface area contributed by atoms with E-state index in [1.54, 1.807) is 0 Å². The van der Waals surface area contributed by atoms with Gasteiger partial charge in [-0.25, -0.2) is 0 Å². The van der Waals surface area contributed by atoms with E-state index in [-0.39, 0.29) is 0 Å². The minimum atomic E-state index is 0.492. The fourth-order valence-electron chi connectivity index (χ4n) is 2.28. The first-order chi connectivity index (χ1) is 7.24. The van der Waals surface area contributed by atoms with Crippen LogP contribution in [0.4, 0.5) is 0 Å². The highest BCUT2D eigenvalue weighted by atomic mass is 16.5. The quantitative estimate of drug-likeness (QED) is 0.763. The predicted molar refractivity (Wildman–Crippen MR) is 60.4 cm³/mol. The summed E-state index contributed by atoms with van der Waals surface area (Å²) in [6, 6.07) is 0. The van der Waals surface area contributed by atoms with Gasteiger partial charge in [-0.15, -0.1) is 0 Å². The Labute approximate surface area is 91.5 Å². The summed E-state index contributed by atoms with van der Waals surface area (Å²) in [5.74, 6) is 2.57. The second-order valence-electron chi connectivity index (χ2n) is 4.41. The highest BCUT2D eigenvalue weighted by Gasteiger charge is 2.22. The minimum absolute atomic E-state index is 0.492. The maximum absolute atomic E-state index is 5.62. The van der Waals surface area contributed by atoms with Gasteiger partial charge in [-0.05, 0) is 25.7 Å². The van der Waals surface area contributed by atoms with Gasteiger partial charge in [0.1, 0.15) is 5.82 Å². The second kappa shape index (κ2) is 4.25. The summed E-state index contributed by atoms with van der Waals surface area (Å²) >= 11 is 0. The smallest absolute Gasteiger partial charge is 0.235 e. The zero-order chi connectivity index (χ0) is 10.8. The fourth-order valence-corrected chi connectivity index (χ4v) is 2.28. The summed E-state index contributed by atoms with van der Waals surface area (Å²) < 4.78 is 7.98. The molecule has 0 amide bonds. The number of hydrogen-bond acceptors (Lipinski definition) is 2. The SMILES string of the molecule is CCOc1nc2n(c1C(C)C)CCCC2. The van der Waals surface area contributed by atoms with E-state index in [4.69, 9.17) is 4.74 Å². The van der Waals surface area contributed by atoms with E-state index in [1.165, 1.54) is 24.4 Å². The lowest BCUT2D eigenvalue weighted by Crippen LogP contribution is -2.13. The van der Waals surface area contributed by atoms with Crippen molar-refractivity contribution in [2.45, 2.75) is 52.5 Å². The molecule has 84 valence electrons. The summed E-state index contributed by atoms with van der Waals surface area (Å²) in [6.45, 7) is 8.25. The summed E-state index contributed by atoms with van der Waals surface area (Å²) in [6.07, 6.45) is 3.64. The van der Waals surface area contributed by atoms with Gasteiger partial charge in [-0.3, -0.25) is 0 Å². The molecule has 0 saturated heterocycles. The Bertz CT molecular complexity index is 342. The first kappa shape index (κ1) is 10.5. The van der Waals surface area contributed by atoms with Gasteiger partial charge in [-0.2, -0.15) is 4.98 Å². The number of imidazole rings is 1. The van der Waals surface area contributed by atoms with Crippen LogP contribution in [-0.2, 0) is 13.0 Å². The third kappa shape index (κ3) is 1.87. The third-order valence-corrected chi connectivity index (χ3v) is 2.91. The molecule has 0 unspecified atom stereocenters. The van der Waals surface area contributed by atoms with E-state index in [2.05, 4.69) is 23.4 Å². The zero-order valence-corrected chi connectivity index (χ0v) is 9.92. The Balaban J connectivity index is 2.41. The molecule has 2 rings (SSSR count). The van der Waals surface area contributed by atoms with Crippen LogP contribution in [0.1, 0.15) is 51.0 Å². The van der Waals surface area contributed by atoms with Crippen LogP contribution in [0.5, 0.6) is 5.88 Å². The molecular weight excluding hydrogens is 188 g/mol. The molecule has 1 aliphatic heterocycles. The first-order valence-corrected chi connectivity index (χ1v) is 5.96. The molecule has 0 aromatic carbocycles. The molecule has 0 N–H and O–H groups in total. The van der Waals surface area contributed by atoms with E-state index in [1.807, 2.05) is 6.92 Å². The molecule has 0 atom stereocenters. The number of nitrogens with zero attached hydrogens (tertiary/aromatic N) is 2. The summed E-state index contributed by atoms with van der Waals surface area (Å²) in [5.41, 5.74) is 1.28. The lowest BCUT2D eigenvalue weighted by molar-refractivity contribution is 0.322. The maximum Gasteiger partial charge on any atom is 0.235 e. The van der Waals surface area contributed by atoms with Crippen LogP contribution in [0.15, 0.2) is 0 Å². The first-order valence-electron chi connectivity index (χ1n) is 5.96. The molecule has 0 bridgehead atoms. The van der Waals surface area contributed by atoms with Crippen molar-refractivity contribution in [2.24, 2.45) is 0 Å². The molecule has 3 heteroatoms. The van der Waals surface area contributed by atoms with Crippen molar-refractivity contribution < 1.29 is 4.74 Å². The third-order valence-electron chi connectivity index (χ3n) is 2.91. The molecule has 0 aliphatic carbocycles. The van der Waals surface area contributed by atoms with E-state index in [0.29, 0.717) is 12.5 Å². The Morgan fingerprint density at radius 3 is 2.87 bits per heavy atom. The van der Waals surface area contributed by atoms with Crippen molar-refractivity contribution in [1.29, 1.82) is 0 Å². The van der Waals surface area contributed by atoms with Crippen LogP contribution in [0.2, 0.25) is 0 Å². The van der Waals surface area contributed by atoms with Gasteiger partial charge in [0.25, 0.3) is 0 Å². The fraction of sp³-hybridized carbons (Fsp3) is 0.750. The zero-order valence-electron chi connectivity index (χ0n) is 9.92. The maximum atomic E-state index is 5.62. The Hall–Kier alpha value is -0.990. The minimum Gasteiger partial charge on any atom is -0.477 e. The summed E-state index contributed by atoms with van der Waals surface area (Å²) in [4.78, 5) is 4.60. The molecular formula is C12H20N2O. The number of rotatable bonds is 3. The largest absolute Gasteiger partial charge is 0.477 e. The summed E-state index contributed by atoms with van der Waals surface area (Å²) in [7, 11) is 0. The Morgan fingerprint density at radius 2 is 2.20 bits per heavy atom. The number of hydrogen-bond donors (Lipinski definition) is 0. The van der Waals surface area contributed by atoms with E-state index in [9.17, 15) is 0 Å². The van der Waals surface area contributed by atoms with Gasteiger partial charge >= 0.3 is 0 Å². The van der Waals surface area contributed by atoms with Crippen molar-refractivity contribution in [3.05, 3.63) is 11.5 Å². The van der Waals surface area contributed by atoms with Crippen molar-refractivity contribution in [3.63, 3.8) is 0 Å². The van der Waals surface area contributed by atoms with Crippen LogP contribution in [-0.4, -0.2) is 16.2 Å².